The highest BCUT2D eigenvalue weighted by Crippen LogP contribution is 2.22. The predicted molar refractivity (Wildman–Crippen MR) is 129 cm³/mol. The molecule has 2 aromatic carbocycles. The van der Waals surface area contributed by atoms with Gasteiger partial charge in [-0.3, -0.25) is 19.3 Å². The maximum absolute atomic E-state index is 12.5. The normalized spacial score (nSPS) is 12.3. The number of carbonyl (C=O) groups excluding carboxylic acids is 1. The van der Waals surface area contributed by atoms with E-state index in [0.717, 1.165) is 22.0 Å². The van der Waals surface area contributed by atoms with E-state index in [2.05, 4.69) is 15.0 Å². The van der Waals surface area contributed by atoms with E-state index in [1.54, 1.807) is 12.1 Å². The highest BCUT2D eigenvalue weighted by molar-refractivity contribution is 7.71. The zero-order valence-electron chi connectivity index (χ0n) is 18.0. The smallest absolute Gasteiger partial charge is 0.330 e. The molecular formula is C24H22N4O4S. The second kappa shape index (κ2) is 9.25. The van der Waals surface area contributed by atoms with Crippen LogP contribution in [0.3, 0.4) is 0 Å². The van der Waals surface area contributed by atoms with Crippen LogP contribution in [0.5, 0.6) is 5.88 Å². The molecule has 0 aliphatic rings. The lowest BCUT2D eigenvalue weighted by Crippen LogP contribution is -2.24. The summed E-state index contributed by atoms with van der Waals surface area (Å²) in [7, 11) is 1.28. The van der Waals surface area contributed by atoms with Crippen LogP contribution in [0.2, 0.25) is 0 Å². The molecule has 0 fully saturated rings. The number of nitrogens with one attached hydrogen (secondary N) is 2. The van der Waals surface area contributed by atoms with Crippen molar-refractivity contribution in [2.24, 2.45) is 4.99 Å². The van der Waals surface area contributed by atoms with Gasteiger partial charge in [-0.1, -0.05) is 35.9 Å². The van der Waals surface area contributed by atoms with Crippen molar-refractivity contribution >= 4 is 35.3 Å². The first kappa shape index (κ1) is 22.2. The number of aliphatic imine (C=N–C) groups is 1. The van der Waals surface area contributed by atoms with Crippen molar-refractivity contribution in [1.82, 2.24) is 14.5 Å². The van der Waals surface area contributed by atoms with Gasteiger partial charge in [0.15, 0.2) is 10.8 Å². The van der Waals surface area contributed by atoms with Crippen LogP contribution in [0.4, 0.5) is 0 Å². The number of aryl methyl sites for hydroxylation is 1. The topological polar surface area (TPSA) is 112 Å². The summed E-state index contributed by atoms with van der Waals surface area (Å²) < 4.78 is 6.29. The van der Waals surface area contributed by atoms with Gasteiger partial charge in [-0.25, -0.2) is 4.79 Å². The number of nitrogens with zero attached hydrogens (tertiary/aromatic N) is 2. The molecule has 0 amide bonds. The molecule has 4 rings (SSSR count). The van der Waals surface area contributed by atoms with Gasteiger partial charge < -0.3 is 14.8 Å². The Morgan fingerprint density at radius 3 is 2.70 bits per heavy atom. The zero-order valence-corrected chi connectivity index (χ0v) is 18.8. The van der Waals surface area contributed by atoms with Crippen LogP contribution in [-0.2, 0) is 16.0 Å². The summed E-state index contributed by atoms with van der Waals surface area (Å²) in [5.74, 6) is -0.925. The average Bonchev–Trinajstić information content (AvgIpc) is 3.21. The van der Waals surface area contributed by atoms with Gasteiger partial charge in [0.1, 0.15) is 5.56 Å². The fourth-order valence-electron chi connectivity index (χ4n) is 3.59. The first-order chi connectivity index (χ1) is 15.9. The van der Waals surface area contributed by atoms with Crippen LogP contribution in [0, 0.1) is 11.7 Å². The number of fused-ring (bicyclic) bond motifs is 1. The molecule has 0 aliphatic carbocycles. The van der Waals surface area contributed by atoms with Gasteiger partial charge in [-0.2, -0.15) is 0 Å². The molecule has 9 heteroatoms. The summed E-state index contributed by atoms with van der Waals surface area (Å²) in [5, 5.41) is 11.8. The predicted octanol–water partition coefficient (Wildman–Crippen LogP) is 3.59. The van der Waals surface area contributed by atoms with Crippen molar-refractivity contribution < 1.29 is 14.6 Å². The molecule has 1 atom stereocenters. The van der Waals surface area contributed by atoms with Crippen LogP contribution in [-0.4, -0.2) is 45.0 Å². The molecule has 0 radical (unpaired) electrons. The summed E-state index contributed by atoms with van der Waals surface area (Å²) in [4.78, 5) is 35.0. The summed E-state index contributed by atoms with van der Waals surface area (Å²) in [5.41, 5.74) is 2.71. The number of hydrogen-bond acceptors (Lipinski definition) is 6. The number of para-hydroxylation sites is 1. The first-order valence-electron chi connectivity index (χ1n) is 10.2. The lowest BCUT2D eigenvalue weighted by atomic mass is 10.1. The Labute approximate surface area is 194 Å². The molecule has 3 N–H and O–H groups in total. The van der Waals surface area contributed by atoms with E-state index in [-0.39, 0.29) is 22.6 Å². The first-order valence-corrected chi connectivity index (χ1v) is 10.6. The van der Waals surface area contributed by atoms with Crippen LogP contribution in [0.1, 0.15) is 16.7 Å². The molecule has 0 saturated heterocycles. The number of aromatic amines is 2. The highest BCUT2D eigenvalue weighted by Gasteiger charge is 2.21. The number of aromatic hydroxyl groups is 1. The lowest BCUT2D eigenvalue weighted by Gasteiger charge is -2.12. The Hall–Kier alpha value is -3.98. The number of ether oxygens (including phenoxy) is 1. The van der Waals surface area contributed by atoms with E-state index in [1.165, 1.54) is 17.9 Å². The van der Waals surface area contributed by atoms with Crippen LogP contribution in [0.25, 0.3) is 16.6 Å². The Morgan fingerprint density at radius 2 is 1.97 bits per heavy atom. The molecule has 0 spiro atoms. The molecule has 4 aromatic rings. The fraction of sp³-hybridized carbons (Fsp3) is 0.167. The van der Waals surface area contributed by atoms with Gasteiger partial charge in [0.2, 0.25) is 5.88 Å². The Morgan fingerprint density at radius 1 is 1.24 bits per heavy atom. The minimum Gasteiger partial charge on any atom is -0.494 e. The summed E-state index contributed by atoms with van der Waals surface area (Å²) in [6, 6.07) is 14.1. The highest BCUT2D eigenvalue weighted by atomic mass is 32.1. The van der Waals surface area contributed by atoms with Crippen molar-refractivity contribution in [3.05, 3.63) is 86.5 Å². The van der Waals surface area contributed by atoms with E-state index in [0.29, 0.717) is 5.69 Å². The third-order valence-electron chi connectivity index (χ3n) is 5.36. The van der Waals surface area contributed by atoms with E-state index >= 15 is 0 Å². The van der Waals surface area contributed by atoms with Crippen LogP contribution in [0.15, 0.2) is 64.5 Å². The number of hydrogen-bond donors (Lipinski definition) is 3. The van der Waals surface area contributed by atoms with Crippen LogP contribution >= 0.6 is 12.2 Å². The van der Waals surface area contributed by atoms with Crippen molar-refractivity contribution in [3.63, 3.8) is 0 Å². The Kier molecular flexibility index (Phi) is 6.23. The molecular weight excluding hydrogens is 440 g/mol. The minimum absolute atomic E-state index is 0.0433. The van der Waals surface area contributed by atoms with Gasteiger partial charge in [-0.05, 0) is 42.9 Å². The summed E-state index contributed by atoms with van der Waals surface area (Å²) >= 11 is 5.24. The van der Waals surface area contributed by atoms with Gasteiger partial charge >= 0.3 is 5.97 Å². The monoisotopic (exact) mass is 462 g/mol. The number of aromatic nitrogens is 3. The molecule has 0 bridgehead atoms. The Bertz CT molecular complexity index is 1460. The molecule has 2 aromatic heterocycles. The van der Waals surface area contributed by atoms with E-state index in [4.69, 9.17) is 17.0 Å². The van der Waals surface area contributed by atoms with Gasteiger partial charge in [0.05, 0.1) is 12.8 Å². The third-order valence-corrected chi connectivity index (χ3v) is 5.64. The second-order valence-electron chi connectivity index (χ2n) is 7.55. The molecule has 2 heterocycles. The minimum atomic E-state index is -0.913. The zero-order chi connectivity index (χ0) is 23.5. The Balaban J connectivity index is 1.72. The van der Waals surface area contributed by atoms with Crippen molar-refractivity contribution in [2.45, 2.75) is 19.4 Å². The fourth-order valence-corrected chi connectivity index (χ4v) is 3.88. The maximum atomic E-state index is 12.5. The van der Waals surface area contributed by atoms with Crippen molar-refractivity contribution in [1.29, 1.82) is 0 Å². The lowest BCUT2D eigenvalue weighted by molar-refractivity contribution is -0.142. The average molecular weight is 463 g/mol. The van der Waals surface area contributed by atoms with E-state index in [9.17, 15) is 14.7 Å². The maximum Gasteiger partial charge on any atom is 0.330 e. The molecule has 0 aliphatic heterocycles. The third kappa shape index (κ3) is 4.49. The number of carbonyl (C=O) groups is 1. The molecule has 8 nitrogen and oxygen atoms in total. The largest absolute Gasteiger partial charge is 0.494 e. The molecule has 1 unspecified atom stereocenters. The van der Waals surface area contributed by atoms with Gasteiger partial charge in [-0.15, -0.1) is 0 Å². The van der Waals surface area contributed by atoms with E-state index in [1.807, 2.05) is 49.5 Å². The van der Waals surface area contributed by atoms with Crippen molar-refractivity contribution in [3.8, 4) is 11.6 Å². The quantitative estimate of drug-likeness (QED) is 0.230. The number of methoxy groups -OCH3 is 1. The second-order valence-corrected chi connectivity index (χ2v) is 7.93. The summed E-state index contributed by atoms with van der Waals surface area (Å²) in [6.45, 7) is 1.94. The molecule has 33 heavy (non-hydrogen) atoms. The van der Waals surface area contributed by atoms with Crippen molar-refractivity contribution in [2.75, 3.05) is 7.11 Å². The number of H-pyrrole nitrogens is 2. The molecule has 168 valence electrons. The SMILES string of the molecule is COC(=O)C(Cc1c[nH]c2ccccc12)N=Cc1c(O)n(-c2ccc(C)cc2)c(=S)[nH]c1=O. The number of esters is 1. The van der Waals surface area contributed by atoms with Crippen LogP contribution < -0.4 is 5.56 Å². The van der Waals surface area contributed by atoms with Gasteiger partial charge in [0, 0.05) is 29.7 Å². The van der Waals surface area contributed by atoms with E-state index < -0.39 is 17.6 Å². The van der Waals surface area contributed by atoms with Gasteiger partial charge in [0.25, 0.3) is 5.56 Å². The molecule has 0 saturated carbocycles. The standard InChI is InChI=1S/C24H22N4O4S/c1-14-7-9-16(10-8-14)28-22(30)18(21(29)27-24(28)33)13-26-20(23(31)32-2)11-15-12-25-19-6-4-3-5-17(15)19/h3-10,12-13,20,25,30H,11H2,1-2H3,(H,27,29,33). The summed E-state index contributed by atoms with van der Waals surface area (Å²) in [6.07, 6.45) is 3.25. The number of benzene rings is 2. The number of rotatable bonds is 6.